The third kappa shape index (κ3) is 2.11. The highest BCUT2D eigenvalue weighted by Gasteiger charge is 2.20. The van der Waals surface area contributed by atoms with Gasteiger partial charge in [0.15, 0.2) is 5.56 Å². The van der Waals surface area contributed by atoms with E-state index in [-0.39, 0.29) is 17.3 Å². The van der Waals surface area contributed by atoms with E-state index in [0.717, 1.165) is 0 Å². The fourth-order valence-electron chi connectivity index (χ4n) is 1.37. The van der Waals surface area contributed by atoms with E-state index in [0.29, 0.717) is 5.69 Å². The molecule has 0 aliphatic carbocycles. The Morgan fingerprint density at radius 1 is 1.50 bits per heavy atom. The number of nitrogens with zero attached hydrogens (tertiary/aromatic N) is 3. The van der Waals surface area contributed by atoms with Crippen LogP contribution >= 0.6 is 0 Å². The van der Waals surface area contributed by atoms with E-state index in [1.165, 1.54) is 6.07 Å². The topological polar surface area (TPSA) is 70.2 Å². The lowest BCUT2D eigenvalue weighted by Gasteiger charge is -2.24. The Hall–Kier alpha value is -2.09. The lowest BCUT2D eigenvalue weighted by Crippen LogP contribution is -2.26. The molecule has 0 atom stereocenters. The molecule has 5 nitrogen and oxygen atoms in total. The third-order valence-corrected chi connectivity index (χ3v) is 2.48. The van der Waals surface area contributed by atoms with Crippen molar-refractivity contribution in [2.45, 2.75) is 19.9 Å². The second kappa shape index (κ2) is 4.62. The number of nitro groups is 1. The van der Waals surface area contributed by atoms with E-state index in [4.69, 9.17) is 5.26 Å². The molecule has 0 aliphatic heterocycles. The Morgan fingerprint density at radius 3 is 2.56 bits per heavy atom. The van der Waals surface area contributed by atoms with Crippen molar-refractivity contribution < 1.29 is 4.92 Å². The van der Waals surface area contributed by atoms with Gasteiger partial charge in [0.2, 0.25) is 0 Å². The van der Waals surface area contributed by atoms with Crippen LogP contribution in [0, 0.1) is 21.4 Å². The number of anilines is 1. The molecule has 0 heterocycles. The molecule has 1 aromatic carbocycles. The molecule has 0 spiro atoms. The van der Waals surface area contributed by atoms with Crippen molar-refractivity contribution in [3.8, 4) is 6.07 Å². The molecule has 84 valence electrons. The Balaban J connectivity index is 3.37. The maximum atomic E-state index is 10.8. The minimum atomic E-state index is -0.532. The van der Waals surface area contributed by atoms with Crippen molar-refractivity contribution in [2.75, 3.05) is 11.9 Å². The Bertz CT molecular complexity index is 449. The number of hydrogen-bond acceptors (Lipinski definition) is 4. The molecule has 5 heteroatoms. The summed E-state index contributed by atoms with van der Waals surface area (Å²) in [5, 5.41) is 19.8. The second-order valence-corrected chi connectivity index (χ2v) is 3.74. The third-order valence-electron chi connectivity index (χ3n) is 2.48. The first-order valence-corrected chi connectivity index (χ1v) is 4.89. The van der Waals surface area contributed by atoms with Gasteiger partial charge in [0, 0.05) is 19.2 Å². The van der Waals surface area contributed by atoms with E-state index in [9.17, 15) is 10.1 Å². The van der Waals surface area contributed by atoms with Crippen molar-refractivity contribution in [2.24, 2.45) is 0 Å². The van der Waals surface area contributed by atoms with Gasteiger partial charge in [-0.25, -0.2) is 0 Å². The normalized spacial score (nSPS) is 9.94. The van der Waals surface area contributed by atoms with Crippen LogP contribution in [0.15, 0.2) is 18.2 Å². The first kappa shape index (κ1) is 12.0. The van der Waals surface area contributed by atoms with Gasteiger partial charge >= 0.3 is 0 Å². The fourth-order valence-corrected chi connectivity index (χ4v) is 1.37. The van der Waals surface area contributed by atoms with Crippen molar-refractivity contribution in [3.05, 3.63) is 33.9 Å². The van der Waals surface area contributed by atoms with Gasteiger partial charge in [0.1, 0.15) is 6.07 Å². The van der Waals surface area contributed by atoms with Gasteiger partial charge in [-0.3, -0.25) is 10.1 Å². The van der Waals surface area contributed by atoms with Gasteiger partial charge in [0.25, 0.3) is 5.69 Å². The fraction of sp³-hybridized carbons (Fsp3) is 0.364. The monoisotopic (exact) mass is 219 g/mol. The largest absolute Gasteiger partial charge is 0.371 e. The number of rotatable bonds is 3. The summed E-state index contributed by atoms with van der Waals surface area (Å²) in [6.07, 6.45) is 0. The van der Waals surface area contributed by atoms with Gasteiger partial charge in [-0.1, -0.05) is 6.07 Å². The Labute approximate surface area is 94.1 Å². The first-order chi connectivity index (χ1) is 7.49. The maximum absolute atomic E-state index is 10.8. The van der Waals surface area contributed by atoms with Crippen LogP contribution in [-0.4, -0.2) is 18.0 Å². The summed E-state index contributed by atoms with van der Waals surface area (Å²) in [6.45, 7) is 3.92. The first-order valence-electron chi connectivity index (χ1n) is 4.89. The zero-order chi connectivity index (χ0) is 12.3. The van der Waals surface area contributed by atoms with Gasteiger partial charge in [-0.15, -0.1) is 0 Å². The molecule has 1 rings (SSSR count). The molecule has 16 heavy (non-hydrogen) atoms. The molecule has 0 N–H and O–H groups in total. The van der Waals surface area contributed by atoms with Gasteiger partial charge < -0.3 is 4.90 Å². The summed E-state index contributed by atoms with van der Waals surface area (Å²) in [5.41, 5.74) is 0.558. The van der Waals surface area contributed by atoms with Gasteiger partial charge in [0.05, 0.1) is 10.6 Å². The van der Waals surface area contributed by atoms with Crippen LogP contribution in [0.5, 0.6) is 0 Å². The lowest BCUT2D eigenvalue weighted by molar-refractivity contribution is -0.385. The highest BCUT2D eigenvalue weighted by molar-refractivity contribution is 5.67. The summed E-state index contributed by atoms with van der Waals surface area (Å²) >= 11 is 0. The Kier molecular flexibility index (Phi) is 3.46. The average Bonchev–Trinajstić information content (AvgIpc) is 2.26. The summed E-state index contributed by atoms with van der Waals surface area (Å²) in [7, 11) is 1.81. The summed E-state index contributed by atoms with van der Waals surface area (Å²) in [6, 6.07) is 6.72. The van der Waals surface area contributed by atoms with Crippen LogP contribution in [0.4, 0.5) is 11.4 Å². The SMILES string of the molecule is CC(C)N(C)c1cccc([N+](=O)[O-])c1C#N. The molecular formula is C11H13N3O2. The van der Waals surface area contributed by atoms with Crippen LogP contribution in [0.25, 0.3) is 0 Å². The number of hydrogen-bond donors (Lipinski definition) is 0. The lowest BCUT2D eigenvalue weighted by atomic mass is 10.1. The van der Waals surface area contributed by atoms with E-state index < -0.39 is 4.92 Å². The van der Waals surface area contributed by atoms with Crippen LogP contribution in [0.2, 0.25) is 0 Å². The number of nitriles is 1. The van der Waals surface area contributed by atoms with Crippen molar-refractivity contribution in [1.29, 1.82) is 5.26 Å². The molecule has 0 fully saturated rings. The zero-order valence-corrected chi connectivity index (χ0v) is 9.47. The highest BCUT2D eigenvalue weighted by Crippen LogP contribution is 2.28. The van der Waals surface area contributed by atoms with Crippen molar-refractivity contribution >= 4 is 11.4 Å². The molecule has 0 aliphatic rings. The van der Waals surface area contributed by atoms with Gasteiger partial charge in [-0.2, -0.15) is 5.26 Å². The number of nitro benzene ring substituents is 1. The highest BCUT2D eigenvalue weighted by atomic mass is 16.6. The molecule has 0 aromatic heterocycles. The molecular weight excluding hydrogens is 206 g/mol. The van der Waals surface area contributed by atoms with E-state index >= 15 is 0 Å². The van der Waals surface area contributed by atoms with Crippen molar-refractivity contribution in [3.63, 3.8) is 0 Å². The smallest absolute Gasteiger partial charge is 0.289 e. The van der Waals surface area contributed by atoms with Gasteiger partial charge in [-0.05, 0) is 19.9 Å². The minimum absolute atomic E-state index is 0.115. The van der Waals surface area contributed by atoms with E-state index in [1.54, 1.807) is 12.1 Å². The predicted molar refractivity (Wildman–Crippen MR) is 61.4 cm³/mol. The van der Waals surface area contributed by atoms with E-state index in [1.807, 2.05) is 31.9 Å². The molecule has 0 saturated carbocycles. The predicted octanol–water partition coefficient (Wildman–Crippen LogP) is 2.31. The van der Waals surface area contributed by atoms with Crippen LogP contribution in [-0.2, 0) is 0 Å². The van der Waals surface area contributed by atoms with Crippen molar-refractivity contribution in [1.82, 2.24) is 0 Å². The molecule has 0 bridgehead atoms. The van der Waals surface area contributed by atoms with Crippen LogP contribution in [0.1, 0.15) is 19.4 Å². The average molecular weight is 219 g/mol. The number of benzene rings is 1. The minimum Gasteiger partial charge on any atom is -0.371 e. The van der Waals surface area contributed by atoms with E-state index in [2.05, 4.69) is 0 Å². The summed E-state index contributed by atoms with van der Waals surface area (Å²) in [5.74, 6) is 0. The summed E-state index contributed by atoms with van der Waals surface area (Å²) in [4.78, 5) is 12.1. The molecule has 1 aromatic rings. The molecule has 0 radical (unpaired) electrons. The Morgan fingerprint density at radius 2 is 2.12 bits per heavy atom. The standard InChI is InChI=1S/C11H13N3O2/c1-8(2)13(3)10-5-4-6-11(14(15)16)9(10)7-12/h4-6,8H,1-3H3. The zero-order valence-electron chi connectivity index (χ0n) is 9.47. The van der Waals surface area contributed by atoms with Crippen LogP contribution in [0.3, 0.4) is 0 Å². The quantitative estimate of drug-likeness (QED) is 0.577. The maximum Gasteiger partial charge on any atom is 0.289 e. The molecule has 0 unspecified atom stereocenters. The summed E-state index contributed by atoms with van der Waals surface area (Å²) < 4.78 is 0. The van der Waals surface area contributed by atoms with Crippen LogP contribution < -0.4 is 4.90 Å². The molecule has 0 amide bonds. The second-order valence-electron chi connectivity index (χ2n) is 3.74. The molecule has 0 saturated heterocycles.